The lowest BCUT2D eigenvalue weighted by molar-refractivity contribution is 0.263. The average Bonchev–Trinajstić information content (AvgIpc) is 1.88. The monoisotopic (exact) mass is 204 g/mol. The van der Waals surface area contributed by atoms with Gasteiger partial charge in [0.15, 0.2) is 0 Å². The van der Waals surface area contributed by atoms with Crippen molar-refractivity contribution in [2.24, 2.45) is 0 Å². The van der Waals surface area contributed by atoms with Crippen LogP contribution in [0.1, 0.15) is 0 Å². The van der Waals surface area contributed by atoms with Crippen molar-refractivity contribution in [1.29, 1.82) is 0 Å². The Balaban J connectivity index is 2.54. The molecule has 7 heteroatoms. The highest BCUT2D eigenvalue weighted by Gasteiger charge is 2.32. The fourth-order valence-corrected chi connectivity index (χ4v) is 4.01. The number of rotatable bonds is 1. The van der Waals surface area contributed by atoms with Gasteiger partial charge in [-0.3, -0.25) is 4.57 Å². The lowest BCUT2D eigenvalue weighted by Crippen LogP contribution is -2.06. The van der Waals surface area contributed by atoms with E-state index in [1.54, 1.807) is 0 Å². The highest BCUT2D eigenvalue weighted by atomic mass is 35.7. The standard InChI is InChI=1S/C3H7ClO4P2/c1-6-10(5)3-2-7-9(4)8-10/h2-3H2,1H3. The maximum atomic E-state index is 11.2. The zero-order valence-corrected chi connectivity index (χ0v) is 7.86. The largest absolute Gasteiger partial charge is 0.338 e. The predicted molar refractivity (Wildman–Crippen MR) is 39.3 cm³/mol. The summed E-state index contributed by atoms with van der Waals surface area (Å²) >= 11 is 5.45. The van der Waals surface area contributed by atoms with Gasteiger partial charge in [0.1, 0.15) is 0 Å². The molecular formula is C3H7ClO4P2. The third-order valence-corrected chi connectivity index (χ3v) is 5.05. The highest BCUT2D eigenvalue weighted by Crippen LogP contribution is 2.65. The molecule has 0 radical (unpaired) electrons. The van der Waals surface area contributed by atoms with Crippen molar-refractivity contribution in [3.63, 3.8) is 0 Å². The molecule has 0 aliphatic carbocycles. The van der Waals surface area contributed by atoms with E-state index >= 15 is 0 Å². The average molecular weight is 204 g/mol. The summed E-state index contributed by atoms with van der Waals surface area (Å²) in [5, 5.41) is 0. The zero-order chi connectivity index (χ0) is 7.61. The molecule has 2 atom stereocenters. The van der Waals surface area contributed by atoms with Crippen LogP contribution in [-0.2, 0) is 17.9 Å². The molecule has 1 aliphatic rings. The predicted octanol–water partition coefficient (Wildman–Crippen LogP) is 2.34. The van der Waals surface area contributed by atoms with Gasteiger partial charge in [-0.25, -0.2) is 4.31 Å². The van der Waals surface area contributed by atoms with Crippen LogP contribution in [0.15, 0.2) is 0 Å². The van der Waals surface area contributed by atoms with Gasteiger partial charge in [-0.05, 0) is 11.2 Å². The van der Waals surface area contributed by atoms with Crippen LogP contribution in [0.3, 0.4) is 0 Å². The fourth-order valence-electron chi connectivity index (χ4n) is 0.511. The minimum atomic E-state index is -2.88. The molecule has 1 rings (SSSR count). The molecule has 0 aromatic carbocycles. The molecular weight excluding hydrogens is 197 g/mol. The van der Waals surface area contributed by atoms with Crippen molar-refractivity contribution >= 4 is 26.6 Å². The van der Waals surface area contributed by atoms with E-state index in [1.165, 1.54) is 7.11 Å². The van der Waals surface area contributed by atoms with E-state index in [4.69, 9.17) is 20.1 Å². The van der Waals surface area contributed by atoms with Crippen molar-refractivity contribution in [3.8, 4) is 0 Å². The highest BCUT2D eigenvalue weighted by molar-refractivity contribution is 7.81. The Morgan fingerprint density at radius 2 is 2.50 bits per heavy atom. The van der Waals surface area contributed by atoms with E-state index in [2.05, 4.69) is 4.52 Å². The van der Waals surface area contributed by atoms with Gasteiger partial charge in [-0.15, -0.1) is 0 Å². The van der Waals surface area contributed by atoms with Gasteiger partial charge in [0.2, 0.25) is 0 Å². The van der Waals surface area contributed by atoms with E-state index in [0.717, 1.165) is 0 Å². The molecule has 60 valence electrons. The second-order valence-corrected chi connectivity index (χ2v) is 5.84. The quantitative estimate of drug-likeness (QED) is 0.615. The maximum absolute atomic E-state index is 11.2. The summed E-state index contributed by atoms with van der Waals surface area (Å²) in [6, 6.07) is 0. The molecule has 1 fully saturated rings. The molecule has 1 aliphatic heterocycles. The summed E-state index contributed by atoms with van der Waals surface area (Å²) in [5.74, 6) is 0. The normalized spacial score (nSPS) is 41.6. The van der Waals surface area contributed by atoms with Crippen LogP contribution in [0.4, 0.5) is 0 Å². The van der Waals surface area contributed by atoms with Gasteiger partial charge in [-0.2, -0.15) is 0 Å². The first-order valence-electron chi connectivity index (χ1n) is 2.60. The molecule has 0 aromatic rings. The van der Waals surface area contributed by atoms with Crippen LogP contribution in [0.5, 0.6) is 0 Å². The van der Waals surface area contributed by atoms with Gasteiger partial charge >= 0.3 is 7.60 Å². The Bertz CT molecular complexity index is 163. The van der Waals surface area contributed by atoms with Crippen LogP contribution in [0, 0.1) is 0 Å². The summed E-state index contributed by atoms with van der Waals surface area (Å²) in [6.45, 7) is 0.348. The summed E-state index contributed by atoms with van der Waals surface area (Å²) < 4.78 is 25.4. The Hall–Kier alpha value is 0.830. The van der Waals surface area contributed by atoms with E-state index in [9.17, 15) is 4.57 Å². The van der Waals surface area contributed by atoms with Gasteiger partial charge < -0.3 is 9.05 Å². The van der Waals surface area contributed by atoms with Crippen LogP contribution in [0.25, 0.3) is 0 Å². The zero-order valence-electron chi connectivity index (χ0n) is 5.32. The number of hydrogen-bond acceptors (Lipinski definition) is 4. The Labute approximate surface area is 65.0 Å². The van der Waals surface area contributed by atoms with Crippen molar-refractivity contribution in [1.82, 2.24) is 0 Å². The first-order valence-corrected chi connectivity index (χ1v) is 6.41. The Morgan fingerprint density at radius 3 is 2.90 bits per heavy atom. The molecule has 1 saturated heterocycles. The number of halogens is 1. The minimum absolute atomic E-state index is 0.287. The van der Waals surface area contributed by atoms with Crippen molar-refractivity contribution in [3.05, 3.63) is 0 Å². The van der Waals surface area contributed by atoms with E-state index in [0.29, 0.717) is 6.61 Å². The first-order chi connectivity index (χ1) is 4.66. The van der Waals surface area contributed by atoms with Crippen molar-refractivity contribution in [2.45, 2.75) is 0 Å². The molecule has 0 aromatic heterocycles. The topological polar surface area (TPSA) is 44.8 Å². The van der Waals surface area contributed by atoms with Gasteiger partial charge in [0.05, 0.1) is 12.8 Å². The lowest BCUT2D eigenvalue weighted by Gasteiger charge is -2.23. The van der Waals surface area contributed by atoms with Crippen LogP contribution in [-0.4, -0.2) is 19.9 Å². The third kappa shape index (κ3) is 2.16. The summed E-state index contributed by atoms with van der Waals surface area (Å²) in [5.41, 5.74) is 0. The van der Waals surface area contributed by atoms with E-state index in [-0.39, 0.29) is 6.16 Å². The van der Waals surface area contributed by atoms with Gasteiger partial charge in [0, 0.05) is 7.11 Å². The second-order valence-electron chi connectivity index (χ2n) is 1.64. The van der Waals surface area contributed by atoms with Crippen LogP contribution in [0.2, 0.25) is 0 Å². The molecule has 0 saturated carbocycles. The first kappa shape index (κ1) is 8.92. The van der Waals surface area contributed by atoms with Gasteiger partial charge in [0.25, 0.3) is 7.73 Å². The molecule has 0 spiro atoms. The summed E-state index contributed by atoms with van der Waals surface area (Å²) in [4.78, 5) is 0. The number of hydrogen-bond donors (Lipinski definition) is 0. The molecule has 1 heterocycles. The summed E-state index contributed by atoms with van der Waals surface area (Å²) in [7, 11) is -3.04. The van der Waals surface area contributed by atoms with Gasteiger partial charge in [-0.1, -0.05) is 0 Å². The third-order valence-electron chi connectivity index (χ3n) is 1.02. The SMILES string of the molecule is COP1(=O)CCOP(Cl)O1. The molecule has 0 N–H and O–H groups in total. The van der Waals surface area contributed by atoms with Crippen molar-refractivity contribution < 1.29 is 17.9 Å². The molecule has 2 unspecified atom stereocenters. The summed E-state index contributed by atoms with van der Waals surface area (Å²) in [6.07, 6.45) is 0.287. The van der Waals surface area contributed by atoms with E-state index in [1.807, 2.05) is 0 Å². The minimum Gasteiger partial charge on any atom is -0.321 e. The molecule has 10 heavy (non-hydrogen) atoms. The van der Waals surface area contributed by atoms with E-state index < -0.39 is 15.3 Å². The lowest BCUT2D eigenvalue weighted by atomic mass is 10.9. The second kappa shape index (κ2) is 3.48. The fraction of sp³-hybridized carbons (Fsp3) is 1.00. The van der Waals surface area contributed by atoms with Crippen LogP contribution >= 0.6 is 26.6 Å². The molecule has 4 nitrogen and oxygen atoms in total. The van der Waals surface area contributed by atoms with Crippen LogP contribution < -0.4 is 0 Å². The Kier molecular flexibility index (Phi) is 3.11. The smallest absolute Gasteiger partial charge is 0.321 e. The maximum Gasteiger partial charge on any atom is 0.338 e. The van der Waals surface area contributed by atoms with Crippen molar-refractivity contribution in [2.75, 3.05) is 19.9 Å². The Morgan fingerprint density at radius 1 is 1.80 bits per heavy atom. The molecule has 0 amide bonds. The molecule has 0 bridgehead atoms.